The maximum atomic E-state index is 6.20. The zero-order valence-electron chi connectivity index (χ0n) is 11.5. The second-order valence-corrected chi connectivity index (χ2v) is 5.89. The summed E-state index contributed by atoms with van der Waals surface area (Å²) in [6, 6.07) is 6.34. The minimum atomic E-state index is 0.229. The summed E-state index contributed by atoms with van der Waals surface area (Å²) in [6.07, 6.45) is 1.11. The summed E-state index contributed by atoms with van der Waals surface area (Å²) < 4.78 is 0. The Labute approximate surface area is 120 Å². The van der Waals surface area contributed by atoms with Gasteiger partial charge in [0.15, 0.2) is 0 Å². The molecule has 0 saturated carbocycles. The van der Waals surface area contributed by atoms with Gasteiger partial charge in [0, 0.05) is 22.1 Å². The zero-order chi connectivity index (χ0) is 13.7. The molecule has 0 spiro atoms. The van der Waals surface area contributed by atoms with E-state index in [9.17, 15) is 0 Å². The van der Waals surface area contributed by atoms with Crippen LogP contribution in [0.5, 0.6) is 0 Å². The Balaban J connectivity index is 2.56. The van der Waals surface area contributed by atoms with Gasteiger partial charge in [-0.25, -0.2) is 0 Å². The fourth-order valence-corrected chi connectivity index (χ4v) is 2.48. The van der Waals surface area contributed by atoms with Gasteiger partial charge >= 0.3 is 0 Å². The fraction of sp³-hybridized carbons (Fsp3) is 0.571. The second-order valence-electron chi connectivity index (χ2n) is 5.05. The highest BCUT2D eigenvalue weighted by atomic mass is 35.5. The lowest BCUT2D eigenvalue weighted by molar-refractivity contribution is 0.354. The number of rotatable bonds is 6. The lowest BCUT2D eigenvalue weighted by atomic mass is 10.1. The van der Waals surface area contributed by atoms with Crippen LogP contribution in [-0.4, -0.2) is 31.6 Å². The van der Waals surface area contributed by atoms with Crippen LogP contribution in [0, 0.1) is 0 Å². The molecule has 2 atom stereocenters. The van der Waals surface area contributed by atoms with Crippen LogP contribution < -0.4 is 5.32 Å². The largest absolute Gasteiger partial charge is 0.309 e. The molecule has 0 radical (unpaired) electrons. The van der Waals surface area contributed by atoms with Crippen molar-refractivity contribution >= 4 is 23.2 Å². The normalized spacial score (nSPS) is 14.8. The molecule has 0 aliphatic carbocycles. The lowest BCUT2D eigenvalue weighted by Crippen LogP contribution is -2.32. The summed E-state index contributed by atoms with van der Waals surface area (Å²) in [5, 5.41) is 4.96. The van der Waals surface area contributed by atoms with Gasteiger partial charge in [0.1, 0.15) is 0 Å². The van der Waals surface area contributed by atoms with E-state index in [0.29, 0.717) is 11.1 Å². The molecule has 1 rings (SSSR count). The van der Waals surface area contributed by atoms with Crippen molar-refractivity contribution in [1.29, 1.82) is 0 Å². The third-order valence-electron chi connectivity index (χ3n) is 2.97. The van der Waals surface area contributed by atoms with Gasteiger partial charge in [-0.1, -0.05) is 29.3 Å². The van der Waals surface area contributed by atoms with Crippen molar-refractivity contribution in [2.45, 2.75) is 32.4 Å². The van der Waals surface area contributed by atoms with Crippen LogP contribution in [0.1, 0.15) is 31.9 Å². The third kappa shape index (κ3) is 5.15. The van der Waals surface area contributed by atoms with E-state index in [1.54, 1.807) is 6.07 Å². The molecule has 0 aromatic heterocycles. The van der Waals surface area contributed by atoms with Crippen LogP contribution in [0.3, 0.4) is 0 Å². The van der Waals surface area contributed by atoms with Gasteiger partial charge in [-0.05, 0) is 58.6 Å². The molecule has 0 bridgehead atoms. The van der Waals surface area contributed by atoms with Crippen molar-refractivity contribution in [2.75, 3.05) is 20.6 Å². The van der Waals surface area contributed by atoms with Crippen LogP contribution >= 0.6 is 23.2 Å². The summed E-state index contributed by atoms with van der Waals surface area (Å²) in [5.41, 5.74) is 1.10. The molecule has 2 nitrogen and oxygen atoms in total. The molecular formula is C14H22Cl2N2. The number of hydrogen-bond donors (Lipinski definition) is 1. The molecule has 0 aliphatic rings. The smallest absolute Gasteiger partial charge is 0.0468 e. The van der Waals surface area contributed by atoms with Crippen molar-refractivity contribution in [3.8, 4) is 0 Å². The van der Waals surface area contributed by atoms with Crippen LogP contribution in [0.15, 0.2) is 18.2 Å². The predicted octanol–water partition coefficient (Wildman–Crippen LogP) is 3.98. The number of benzene rings is 1. The van der Waals surface area contributed by atoms with Gasteiger partial charge in [0.25, 0.3) is 0 Å². The Morgan fingerprint density at radius 3 is 2.44 bits per heavy atom. The van der Waals surface area contributed by atoms with Crippen LogP contribution in [0.4, 0.5) is 0 Å². The molecule has 1 aromatic carbocycles. The highest BCUT2D eigenvalue weighted by molar-refractivity contribution is 6.35. The van der Waals surface area contributed by atoms with Crippen molar-refractivity contribution in [3.63, 3.8) is 0 Å². The highest BCUT2D eigenvalue weighted by Gasteiger charge is 2.12. The van der Waals surface area contributed by atoms with Crippen LogP contribution in [0.2, 0.25) is 10.0 Å². The van der Waals surface area contributed by atoms with Gasteiger partial charge in [0.05, 0.1) is 0 Å². The first kappa shape index (κ1) is 15.8. The molecule has 4 heteroatoms. The maximum absolute atomic E-state index is 6.20. The molecule has 0 amide bonds. The Kier molecular flexibility index (Phi) is 6.44. The van der Waals surface area contributed by atoms with Gasteiger partial charge < -0.3 is 10.2 Å². The number of halogens is 2. The van der Waals surface area contributed by atoms with Crippen molar-refractivity contribution in [1.82, 2.24) is 10.2 Å². The molecule has 0 heterocycles. The van der Waals surface area contributed by atoms with E-state index in [-0.39, 0.29) is 6.04 Å². The third-order valence-corrected chi connectivity index (χ3v) is 3.54. The van der Waals surface area contributed by atoms with Crippen LogP contribution in [0.25, 0.3) is 0 Å². The van der Waals surface area contributed by atoms with E-state index >= 15 is 0 Å². The van der Waals surface area contributed by atoms with Crippen LogP contribution in [-0.2, 0) is 0 Å². The summed E-state index contributed by atoms with van der Waals surface area (Å²) in [4.78, 5) is 2.19. The van der Waals surface area contributed by atoms with Gasteiger partial charge in [-0.2, -0.15) is 0 Å². The average Bonchev–Trinajstić information content (AvgIpc) is 2.26. The summed E-state index contributed by atoms with van der Waals surface area (Å²) in [6.45, 7) is 5.40. The topological polar surface area (TPSA) is 15.3 Å². The quantitative estimate of drug-likeness (QED) is 0.852. The molecule has 0 saturated heterocycles. The minimum absolute atomic E-state index is 0.229. The summed E-state index contributed by atoms with van der Waals surface area (Å²) in [5.74, 6) is 0. The summed E-state index contributed by atoms with van der Waals surface area (Å²) >= 11 is 12.1. The zero-order valence-corrected chi connectivity index (χ0v) is 13.0. The van der Waals surface area contributed by atoms with Crippen molar-refractivity contribution < 1.29 is 0 Å². The van der Waals surface area contributed by atoms with E-state index in [1.165, 1.54) is 0 Å². The molecule has 0 aliphatic heterocycles. The molecule has 1 aromatic rings. The molecular weight excluding hydrogens is 267 g/mol. The molecule has 102 valence electrons. The Bertz CT molecular complexity index is 380. The van der Waals surface area contributed by atoms with Crippen molar-refractivity contribution in [2.24, 2.45) is 0 Å². The first-order chi connectivity index (χ1) is 8.40. The van der Waals surface area contributed by atoms with E-state index in [0.717, 1.165) is 23.6 Å². The van der Waals surface area contributed by atoms with Gasteiger partial charge in [0.2, 0.25) is 0 Å². The number of nitrogens with zero attached hydrogens (tertiary/aromatic N) is 1. The average molecular weight is 289 g/mol. The second kappa shape index (κ2) is 7.34. The first-order valence-corrected chi connectivity index (χ1v) is 7.01. The molecule has 18 heavy (non-hydrogen) atoms. The van der Waals surface area contributed by atoms with E-state index < -0.39 is 0 Å². The molecule has 1 N–H and O–H groups in total. The molecule has 2 unspecified atom stereocenters. The van der Waals surface area contributed by atoms with E-state index in [4.69, 9.17) is 23.2 Å². The number of hydrogen-bond acceptors (Lipinski definition) is 2. The minimum Gasteiger partial charge on any atom is -0.309 e. The Morgan fingerprint density at radius 2 is 1.89 bits per heavy atom. The highest BCUT2D eigenvalue weighted by Crippen LogP contribution is 2.26. The maximum Gasteiger partial charge on any atom is 0.0468 e. The standard InChI is InChI=1S/C14H22Cl2N2/c1-10(7-8-18(3)4)17-11(2)13-6-5-12(15)9-14(13)16/h5-6,9-11,17H,7-8H2,1-4H3. The SMILES string of the molecule is CC(CCN(C)C)NC(C)c1ccc(Cl)cc1Cl. The van der Waals surface area contributed by atoms with E-state index in [2.05, 4.69) is 38.2 Å². The Morgan fingerprint density at radius 1 is 1.22 bits per heavy atom. The number of nitrogens with one attached hydrogen (secondary N) is 1. The predicted molar refractivity (Wildman–Crippen MR) is 80.6 cm³/mol. The summed E-state index contributed by atoms with van der Waals surface area (Å²) in [7, 11) is 4.18. The lowest BCUT2D eigenvalue weighted by Gasteiger charge is -2.22. The monoisotopic (exact) mass is 288 g/mol. The van der Waals surface area contributed by atoms with Gasteiger partial charge in [-0.3, -0.25) is 0 Å². The van der Waals surface area contributed by atoms with Crippen molar-refractivity contribution in [3.05, 3.63) is 33.8 Å². The fourth-order valence-electron chi connectivity index (χ4n) is 1.90. The first-order valence-electron chi connectivity index (χ1n) is 6.26. The molecule has 0 fully saturated rings. The van der Waals surface area contributed by atoms with E-state index in [1.807, 2.05) is 12.1 Å². The Hall–Kier alpha value is -0.280. The van der Waals surface area contributed by atoms with Gasteiger partial charge in [-0.15, -0.1) is 0 Å².